The molecule has 25 heavy (non-hydrogen) atoms. The van der Waals surface area contributed by atoms with Crippen molar-refractivity contribution in [2.45, 2.75) is 31.4 Å². The SMILES string of the molecule is CN1CC[C@@H](Nc2cccc3c2cc(C=O)n3CC(F)(F)F)[C@@H](F)C1. The third kappa shape index (κ3) is 3.78. The van der Waals surface area contributed by atoms with Gasteiger partial charge in [0.05, 0.1) is 17.3 Å². The zero-order valence-electron chi connectivity index (χ0n) is 13.7. The van der Waals surface area contributed by atoms with Gasteiger partial charge in [0.25, 0.3) is 0 Å². The number of rotatable bonds is 4. The lowest BCUT2D eigenvalue weighted by Crippen LogP contribution is -2.46. The quantitative estimate of drug-likeness (QED) is 0.673. The number of nitrogens with one attached hydrogen (secondary N) is 1. The van der Waals surface area contributed by atoms with Gasteiger partial charge < -0.3 is 14.8 Å². The molecule has 1 aliphatic heterocycles. The number of fused-ring (bicyclic) bond motifs is 1. The van der Waals surface area contributed by atoms with Crippen molar-refractivity contribution in [3.8, 4) is 0 Å². The van der Waals surface area contributed by atoms with Gasteiger partial charge in [0.2, 0.25) is 0 Å². The summed E-state index contributed by atoms with van der Waals surface area (Å²) in [6.45, 7) is -0.195. The second kappa shape index (κ2) is 6.67. The number of aldehydes is 1. The predicted octanol–water partition coefficient (Wildman–Crippen LogP) is 3.47. The molecule has 0 radical (unpaired) electrons. The summed E-state index contributed by atoms with van der Waals surface area (Å²) >= 11 is 0. The Morgan fingerprint density at radius 1 is 1.36 bits per heavy atom. The van der Waals surface area contributed by atoms with E-state index < -0.39 is 24.9 Å². The fourth-order valence-electron chi connectivity index (χ4n) is 3.30. The van der Waals surface area contributed by atoms with Crippen LogP contribution in [-0.4, -0.2) is 54.3 Å². The van der Waals surface area contributed by atoms with E-state index in [1.54, 1.807) is 12.1 Å². The number of hydrogen-bond donors (Lipinski definition) is 1. The van der Waals surface area contributed by atoms with Crippen molar-refractivity contribution in [3.05, 3.63) is 30.0 Å². The number of alkyl halides is 4. The Bertz CT molecular complexity index is 771. The molecule has 0 aliphatic carbocycles. The van der Waals surface area contributed by atoms with Gasteiger partial charge in [-0.2, -0.15) is 13.2 Å². The largest absolute Gasteiger partial charge is 0.406 e. The number of likely N-dealkylation sites (tertiary alicyclic amines) is 1. The van der Waals surface area contributed by atoms with E-state index >= 15 is 0 Å². The number of carbonyl (C=O) groups excluding carboxylic acids is 1. The van der Waals surface area contributed by atoms with Crippen LogP contribution in [0.1, 0.15) is 16.9 Å². The van der Waals surface area contributed by atoms with Crippen molar-refractivity contribution in [2.24, 2.45) is 0 Å². The maximum absolute atomic E-state index is 14.2. The van der Waals surface area contributed by atoms with Crippen LogP contribution in [-0.2, 0) is 6.54 Å². The van der Waals surface area contributed by atoms with Gasteiger partial charge in [0.1, 0.15) is 12.7 Å². The van der Waals surface area contributed by atoms with Gasteiger partial charge in [0, 0.05) is 24.2 Å². The Labute approximate surface area is 142 Å². The zero-order chi connectivity index (χ0) is 18.2. The maximum atomic E-state index is 14.2. The monoisotopic (exact) mass is 357 g/mol. The molecule has 2 heterocycles. The molecule has 1 saturated heterocycles. The summed E-state index contributed by atoms with van der Waals surface area (Å²) in [5.74, 6) is 0. The third-order valence-corrected chi connectivity index (χ3v) is 4.52. The molecule has 4 nitrogen and oxygen atoms in total. The van der Waals surface area contributed by atoms with Crippen molar-refractivity contribution < 1.29 is 22.4 Å². The van der Waals surface area contributed by atoms with Crippen LogP contribution in [0.5, 0.6) is 0 Å². The first-order chi connectivity index (χ1) is 11.8. The van der Waals surface area contributed by atoms with Crippen LogP contribution in [0.3, 0.4) is 0 Å². The summed E-state index contributed by atoms with van der Waals surface area (Å²) in [6, 6.07) is 5.83. The van der Waals surface area contributed by atoms with Crippen LogP contribution in [0.4, 0.5) is 23.2 Å². The van der Waals surface area contributed by atoms with E-state index in [0.717, 1.165) is 11.1 Å². The summed E-state index contributed by atoms with van der Waals surface area (Å²) in [4.78, 5) is 13.1. The zero-order valence-corrected chi connectivity index (χ0v) is 13.7. The van der Waals surface area contributed by atoms with E-state index in [-0.39, 0.29) is 5.69 Å². The summed E-state index contributed by atoms with van der Waals surface area (Å²) in [6.07, 6.45) is -4.51. The average molecular weight is 357 g/mol. The second-order valence-electron chi connectivity index (χ2n) is 6.44. The van der Waals surface area contributed by atoms with E-state index in [4.69, 9.17) is 0 Å². The van der Waals surface area contributed by atoms with Crippen LogP contribution in [0.15, 0.2) is 24.3 Å². The fraction of sp³-hybridized carbons (Fsp3) is 0.471. The molecular weight excluding hydrogens is 338 g/mol. The number of aromatic nitrogens is 1. The first-order valence-electron chi connectivity index (χ1n) is 8.02. The third-order valence-electron chi connectivity index (χ3n) is 4.52. The molecule has 136 valence electrons. The summed E-state index contributed by atoms with van der Waals surface area (Å²) in [7, 11) is 1.84. The normalized spacial score (nSPS) is 22.3. The number of nitrogens with zero attached hydrogens (tertiary/aromatic N) is 2. The van der Waals surface area contributed by atoms with Crippen molar-refractivity contribution in [3.63, 3.8) is 0 Å². The van der Waals surface area contributed by atoms with E-state index in [9.17, 15) is 22.4 Å². The van der Waals surface area contributed by atoms with Crippen molar-refractivity contribution in [2.75, 3.05) is 25.5 Å². The van der Waals surface area contributed by atoms with E-state index in [1.807, 2.05) is 11.9 Å². The average Bonchev–Trinajstić information content (AvgIpc) is 2.87. The Hall–Kier alpha value is -2.09. The van der Waals surface area contributed by atoms with Gasteiger partial charge in [0.15, 0.2) is 6.29 Å². The predicted molar refractivity (Wildman–Crippen MR) is 87.8 cm³/mol. The molecule has 0 spiro atoms. The highest BCUT2D eigenvalue weighted by Crippen LogP contribution is 2.31. The molecule has 1 fully saturated rings. The Morgan fingerprint density at radius 2 is 2.12 bits per heavy atom. The lowest BCUT2D eigenvalue weighted by atomic mass is 10.0. The molecule has 1 aromatic heterocycles. The summed E-state index contributed by atoms with van der Waals surface area (Å²) in [5, 5.41) is 3.60. The molecule has 2 atom stereocenters. The number of benzene rings is 1. The van der Waals surface area contributed by atoms with Gasteiger partial charge >= 0.3 is 6.18 Å². The molecule has 1 N–H and O–H groups in total. The number of carbonyl (C=O) groups is 1. The van der Waals surface area contributed by atoms with Crippen LogP contribution in [0.25, 0.3) is 10.9 Å². The molecule has 0 saturated carbocycles. The Kier molecular flexibility index (Phi) is 4.73. The minimum atomic E-state index is -4.44. The van der Waals surface area contributed by atoms with E-state index in [2.05, 4.69) is 5.32 Å². The second-order valence-corrected chi connectivity index (χ2v) is 6.44. The number of piperidine rings is 1. The minimum Gasteiger partial charge on any atom is -0.379 e. The fourth-order valence-corrected chi connectivity index (χ4v) is 3.30. The van der Waals surface area contributed by atoms with Crippen molar-refractivity contribution in [1.82, 2.24) is 9.47 Å². The Balaban J connectivity index is 1.96. The van der Waals surface area contributed by atoms with Crippen molar-refractivity contribution >= 4 is 22.9 Å². The van der Waals surface area contributed by atoms with Gasteiger partial charge in [-0.1, -0.05) is 6.07 Å². The summed E-state index contributed by atoms with van der Waals surface area (Å²) < 4.78 is 53.6. The molecule has 0 bridgehead atoms. The molecule has 8 heteroatoms. The van der Waals surface area contributed by atoms with E-state index in [0.29, 0.717) is 35.8 Å². The molecule has 0 unspecified atom stereocenters. The molecule has 3 rings (SSSR count). The van der Waals surface area contributed by atoms with Gasteiger partial charge in [-0.3, -0.25) is 4.79 Å². The Morgan fingerprint density at radius 3 is 2.76 bits per heavy atom. The van der Waals surface area contributed by atoms with Gasteiger partial charge in [-0.25, -0.2) is 4.39 Å². The highest BCUT2D eigenvalue weighted by Gasteiger charge is 2.31. The number of anilines is 1. The first kappa shape index (κ1) is 17.7. The standard InChI is InChI=1S/C17H19F4N3O/c1-23-6-5-15(13(18)8-23)22-14-3-2-4-16-12(14)7-11(9-25)24(16)10-17(19,20)21/h2-4,7,9,13,15,22H,5-6,8,10H2,1H3/t13-,15+/m0/s1. The smallest absolute Gasteiger partial charge is 0.379 e. The molecular formula is C17H19F4N3O. The molecule has 1 aromatic carbocycles. The van der Waals surface area contributed by atoms with Crippen LogP contribution in [0.2, 0.25) is 0 Å². The van der Waals surface area contributed by atoms with Crippen molar-refractivity contribution in [1.29, 1.82) is 0 Å². The van der Waals surface area contributed by atoms with Crippen LogP contribution < -0.4 is 5.32 Å². The number of halogens is 4. The lowest BCUT2D eigenvalue weighted by molar-refractivity contribution is -0.140. The maximum Gasteiger partial charge on any atom is 0.406 e. The molecule has 2 aromatic rings. The summed E-state index contributed by atoms with van der Waals surface area (Å²) in [5.41, 5.74) is 0.785. The number of hydrogen-bond acceptors (Lipinski definition) is 3. The highest BCUT2D eigenvalue weighted by atomic mass is 19.4. The molecule has 1 aliphatic rings. The molecule has 0 amide bonds. The minimum absolute atomic E-state index is 0.0539. The highest BCUT2D eigenvalue weighted by molar-refractivity contribution is 5.97. The van der Waals surface area contributed by atoms with E-state index in [1.165, 1.54) is 12.1 Å². The lowest BCUT2D eigenvalue weighted by Gasteiger charge is -2.33. The van der Waals surface area contributed by atoms with Gasteiger partial charge in [-0.15, -0.1) is 0 Å². The van der Waals surface area contributed by atoms with Crippen LogP contribution in [0, 0.1) is 0 Å². The van der Waals surface area contributed by atoms with Crippen LogP contribution >= 0.6 is 0 Å². The topological polar surface area (TPSA) is 37.3 Å². The van der Waals surface area contributed by atoms with Gasteiger partial charge in [-0.05, 0) is 31.7 Å². The first-order valence-corrected chi connectivity index (χ1v) is 8.02.